The molecular weight excluding hydrogens is 284 g/mol. The van der Waals surface area contributed by atoms with E-state index in [9.17, 15) is 4.79 Å². The number of hydrogen-bond acceptors (Lipinski definition) is 4. The van der Waals surface area contributed by atoms with Gasteiger partial charge < -0.3 is 0 Å². The maximum atomic E-state index is 12.5. The number of nitrogens with one attached hydrogen (secondary N) is 1. The van der Waals surface area contributed by atoms with Crippen LogP contribution in [0.15, 0.2) is 35.5 Å². The molecule has 1 aromatic carbocycles. The fraction of sp³-hybridized carbons (Fsp3) is 0.400. The monoisotopic (exact) mass is 302 g/mol. The van der Waals surface area contributed by atoms with E-state index in [0.717, 1.165) is 35.9 Å². The second-order valence-corrected chi connectivity index (χ2v) is 6.08. The van der Waals surface area contributed by atoms with Gasteiger partial charge in [0.25, 0.3) is 0 Å². The van der Waals surface area contributed by atoms with E-state index < -0.39 is 0 Å². The lowest BCUT2D eigenvalue weighted by molar-refractivity contribution is -0.117. The zero-order valence-corrected chi connectivity index (χ0v) is 12.8. The number of carbonyl (C=O) groups excluding carboxylic acids is 1. The Labute approximate surface area is 128 Å². The van der Waals surface area contributed by atoms with Crippen LogP contribution in [0.1, 0.15) is 31.2 Å². The topological polar surface area (TPSA) is 59.8 Å². The Morgan fingerprint density at radius 1 is 1.38 bits per heavy atom. The summed E-state index contributed by atoms with van der Waals surface area (Å²) in [4.78, 5) is 12.5. The van der Waals surface area contributed by atoms with E-state index in [2.05, 4.69) is 15.5 Å². The first kappa shape index (κ1) is 14.1. The highest BCUT2D eigenvalue weighted by molar-refractivity contribution is 7.99. The summed E-state index contributed by atoms with van der Waals surface area (Å²) in [5, 5.41) is 12.1. The number of benzene rings is 1. The molecule has 1 unspecified atom stereocenters. The molecule has 21 heavy (non-hydrogen) atoms. The largest absolute Gasteiger partial charge is 0.294 e. The Morgan fingerprint density at radius 3 is 2.95 bits per heavy atom. The Bertz CT molecular complexity index is 626. The van der Waals surface area contributed by atoms with Crippen LogP contribution in [0.5, 0.6) is 0 Å². The zero-order valence-electron chi connectivity index (χ0n) is 12.0. The number of hydrogen-bond donors (Lipinski definition) is 1. The highest BCUT2D eigenvalue weighted by Crippen LogP contribution is 2.27. The van der Waals surface area contributed by atoms with Gasteiger partial charge >= 0.3 is 0 Å². The number of carbonyl (C=O) groups is 1. The lowest BCUT2D eigenvalue weighted by Crippen LogP contribution is -2.23. The fourth-order valence-corrected chi connectivity index (χ4v) is 3.42. The van der Waals surface area contributed by atoms with Crippen molar-refractivity contribution in [1.82, 2.24) is 14.8 Å². The summed E-state index contributed by atoms with van der Waals surface area (Å²) in [5.41, 5.74) is 1.03. The first-order chi connectivity index (χ1) is 10.3. The Balaban J connectivity index is 1.78. The molecule has 2 heterocycles. The minimum atomic E-state index is -0.157. The van der Waals surface area contributed by atoms with Gasteiger partial charge in [-0.25, -0.2) is 0 Å². The van der Waals surface area contributed by atoms with E-state index in [1.54, 1.807) is 11.8 Å². The van der Waals surface area contributed by atoms with E-state index in [-0.39, 0.29) is 11.8 Å². The first-order valence-electron chi connectivity index (χ1n) is 7.21. The van der Waals surface area contributed by atoms with Crippen molar-refractivity contribution >= 4 is 23.6 Å². The molecule has 1 atom stereocenters. The molecule has 0 saturated carbocycles. The van der Waals surface area contributed by atoms with Crippen molar-refractivity contribution in [2.45, 2.75) is 37.4 Å². The van der Waals surface area contributed by atoms with Crippen molar-refractivity contribution in [1.29, 1.82) is 0 Å². The summed E-state index contributed by atoms with van der Waals surface area (Å²) < 4.78 is 1.99. The molecule has 1 amide bonds. The van der Waals surface area contributed by atoms with Gasteiger partial charge in [0.1, 0.15) is 0 Å². The highest BCUT2D eigenvalue weighted by Gasteiger charge is 2.22. The van der Waals surface area contributed by atoms with Crippen LogP contribution in [-0.4, -0.2) is 26.4 Å². The second kappa shape index (κ2) is 6.30. The van der Waals surface area contributed by atoms with Crippen LogP contribution in [0.4, 0.5) is 5.95 Å². The molecule has 0 fully saturated rings. The maximum absolute atomic E-state index is 12.5. The molecule has 1 aliphatic heterocycles. The van der Waals surface area contributed by atoms with Crippen LogP contribution in [0.25, 0.3) is 0 Å². The van der Waals surface area contributed by atoms with E-state index >= 15 is 0 Å². The highest BCUT2D eigenvalue weighted by atomic mass is 32.2. The van der Waals surface area contributed by atoms with Crippen LogP contribution in [0.3, 0.4) is 0 Å². The number of rotatable bonds is 4. The van der Waals surface area contributed by atoms with Crippen LogP contribution in [0.2, 0.25) is 0 Å². The Morgan fingerprint density at radius 2 is 2.19 bits per heavy atom. The number of aromatic nitrogens is 3. The molecule has 0 bridgehead atoms. The Hall–Kier alpha value is -1.82. The van der Waals surface area contributed by atoms with Gasteiger partial charge in [-0.2, -0.15) is 0 Å². The summed E-state index contributed by atoms with van der Waals surface area (Å²) in [5.74, 6) is 1.45. The van der Waals surface area contributed by atoms with Crippen LogP contribution in [0, 0.1) is 0 Å². The van der Waals surface area contributed by atoms with Crippen LogP contribution < -0.4 is 5.32 Å². The molecular formula is C15H18N4OS. The van der Waals surface area contributed by atoms with E-state index in [1.165, 1.54) is 0 Å². The van der Waals surface area contributed by atoms with Gasteiger partial charge in [-0.15, -0.1) is 10.2 Å². The molecule has 3 rings (SSSR count). The third kappa shape index (κ3) is 2.95. The van der Waals surface area contributed by atoms with Gasteiger partial charge in [0.05, 0.1) is 5.92 Å². The third-order valence-electron chi connectivity index (χ3n) is 3.64. The van der Waals surface area contributed by atoms with Crippen molar-refractivity contribution in [3.05, 3.63) is 35.9 Å². The SMILES string of the molecule is CCC(C(=O)Nc1nnc2n1CCCS2)c1ccccc1. The number of amides is 1. The minimum Gasteiger partial charge on any atom is -0.294 e. The lowest BCUT2D eigenvalue weighted by Gasteiger charge is -2.17. The molecule has 1 N–H and O–H groups in total. The van der Waals surface area contributed by atoms with Gasteiger partial charge in [0, 0.05) is 12.3 Å². The van der Waals surface area contributed by atoms with Crippen molar-refractivity contribution in [2.24, 2.45) is 0 Å². The Kier molecular flexibility index (Phi) is 4.24. The zero-order chi connectivity index (χ0) is 14.7. The van der Waals surface area contributed by atoms with Gasteiger partial charge in [0.15, 0.2) is 5.16 Å². The molecule has 5 nitrogen and oxygen atoms in total. The molecule has 6 heteroatoms. The molecule has 0 aliphatic carbocycles. The lowest BCUT2D eigenvalue weighted by atomic mass is 9.96. The molecule has 110 valence electrons. The van der Waals surface area contributed by atoms with Gasteiger partial charge in [-0.1, -0.05) is 49.0 Å². The molecule has 0 spiro atoms. The fourth-order valence-electron chi connectivity index (χ4n) is 2.53. The normalized spacial score (nSPS) is 15.3. The smallest absolute Gasteiger partial charge is 0.234 e. The van der Waals surface area contributed by atoms with Gasteiger partial charge in [-0.05, 0) is 18.4 Å². The van der Waals surface area contributed by atoms with Crippen molar-refractivity contribution in [3.63, 3.8) is 0 Å². The first-order valence-corrected chi connectivity index (χ1v) is 8.20. The van der Waals surface area contributed by atoms with Crippen molar-refractivity contribution < 1.29 is 4.79 Å². The summed E-state index contributed by atoms with van der Waals surface area (Å²) in [6.45, 7) is 2.89. The number of fused-ring (bicyclic) bond motifs is 1. The minimum absolute atomic E-state index is 0.0190. The summed E-state index contributed by atoms with van der Waals surface area (Å²) >= 11 is 1.69. The van der Waals surface area contributed by atoms with E-state index in [0.29, 0.717) is 5.95 Å². The third-order valence-corrected chi connectivity index (χ3v) is 4.69. The number of anilines is 1. The molecule has 2 aromatic rings. The quantitative estimate of drug-likeness (QED) is 0.943. The van der Waals surface area contributed by atoms with Gasteiger partial charge in [-0.3, -0.25) is 14.7 Å². The molecule has 0 saturated heterocycles. The number of nitrogens with zero attached hydrogens (tertiary/aromatic N) is 3. The standard InChI is InChI=1S/C15H18N4OS/c1-2-12(11-7-4-3-5-8-11)13(20)16-14-17-18-15-19(14)9-6-10-21-15/h3-5,7-8,12H,2,6,9-10H2,1H3,(H,16,17,20). The predicted molar refractivity (Wildman–Crippen MR) is 83.5 cm³/mol. The van der Waals surface area contributed by atoms with Crippen molar-refractivity contribution in [2.75, 3.05) is 11.1 Å². The maximum Gasteiger partial charge on any atom is 0.234 e. The number of thioether (sulfide) groups is 1. The predicted octanol–water partition coefficient (Wildman–Crippen LogP) is 2.91. The summed E-state index contributed by atoms with van der Waals surface area (Å²) in [7, 11) is 0. The molecule has 1 aromatic heterocycles. The average molecular weight is 302 g/mol. The van der Waals surface area contributed by atoms with E-state index in [1.807, 2.05) is 41.8 Å². The van der Waals surface area contributed by atoms with E-state index in [4.69, 9.17) is 0 Å². The summed E-state index contributed by atoms with van der Waals surface area (Å²) in [6, 6.07) is 9.85. The van der Waals surface area contributed by atoms with Gasteiger partial charge in [0.2, 0.25) is 11.9 Å². The molecule has 0 radical (unpaired) electrons. The van der Waals surface area contributed by atoms with Crippen molar-refractivity contribution in [3.8, 4) is 0 Å². The summed E-state index contributed by atoms with van der Waals surface area (Å²) in [6.07, 6.45) is 1.83. The molecule has 1 aliphatic rings. The average Bonchev–Trinajstić information content (AvgIpc) is 2.92. The van der Waals surface area contributed by atoms with Crippen LogP contribution in [-0.2, 0) is 11.3 Å². The second-order valence-electron chi connectivity index (χ2n) is 5.02. The van der Waals surface area contributed by atoms with Crippen LogP contribution >= 0.6 is 11.8 Å².